The van der Waals surface area contributed by atoms with Gasteiger partial charge in [0.05, 0.1) is 12.2 Å². The van der Waals surface area contributed by atoms with Gasteiger partial charge in [-0.2, -0.15) is 0 Å². The van der Waals surface area contributed by atoms with E-state index in [9.17, 15) is 15.0 Å². The SMILES string of the molecule is COCCN(C(=O)c1ccc(O)cc1O)C(C)C. The molecule has 0 unspecified atom stereocenters. The zero-order valence-corrected chi connectivity index (χ0v) is 10.9. The van der Waals surface area contributed by atoms with Crippen LogP contribution in [0.5, 0.6) is 11.5 Å². The van der Waals surface area contributed by atoms with Gasteiger partial charge in [-0.3, -0.25) is 4.79 Å². The number of ether oxygens (including phenoxy) is 1. The lowest BCUT2D eigenvalue weighted by atomic mass is 10.1. The van der Waals surface area contributed by atoms with Crippen molar-refractivity contribution in [2.75, 3.05) is 20.3 Å². The van der Waals surface area contributed by atoms with Crippen LogP contribution in [0.3, 0.4) is 0 Å². The second-order valence-electron chi connectivity index (χ2n) is 4.29. The second-order valence-corrected chi connectivity index (χ2v) is 4.29. The maximum atomic E-state index is 12.3. The van der Waals surface area contributed by atoms with E-state index in [2.05, 4.69) is 0 Å². The standard InChI is InChI=1S/C13H19NO4/c1-9(2)14(6-7-18-3)13(17)11-5-4-10(15)8-12(11)16/h4-5,8-9,15-16H,6-7H2,1-3H3. The van der Waals surface area contributed by atoms with Crippen LogP contribution < -0.4 is 0 Å². The van der Waals surface area contributed by atoms with Crippen molar-refractivity contribution >= 4 is 5.91 Å². The normalized spacial score (nSPS) is 10.7. The monoisotopic (exact) mass is 253 g/mol. The second kappa shape index (κ2) is 6.26. The van der Waals surface area contributed by atoms with Gasteiger partial charge >= 0.3 is 0 Å². The van der Waals surface area contributed by atoms with E-state index in [1.54, 1.807) is 12.0 Å². The Balaban J connectivity index is 2.94. The number of benzene rings is 1. The molecule has 0 atom stereocenters. The number of hydrogen-bond donors (Lipinski definition) is 2. The molecule has 0 spiro atoms. The highest BCUT2D eigenvalue weighted by atomic mass is 16.5. The lowest BCUT2D eigenvalue weighted by Crippen LogP contribution is -2.39. The molecule has 0 bridgehead atoms. The van der Waals surface area contributed by atoms with Gasteiger partial charge in [-0.25, -0.2) is 0 Å². The highest BCUT2D eigenvalue weighted by Crippen LogP contribution is 2.24. The minimum absolute atomic E-state index is 0.000790. The first-order valence-corrected chi connectivity index (χ1v) is 5.79. The molecule has 0 saturated heterocycles. The molecule has 1 aromatic carbocycles. The molecular formula is C13H19NO4. The lowest BCUT2D eigenvalue weighted by molar-refractivity contribution is 0.0632. The van der Waals surface area contributed by atoms with Crippen molar-refractivity contribution in [1.29, 1.82) is 0 Å². The molecule has 5 nitrogen and oxygen atoms in total. The summed E-state index contributed by atoms with van der Waals surface area (Å²) >= 11 is 0. The summed E-state index contributed by atoms with van der Waals surface area (Å²) in [5, 5.41) is 18.9. The third-order valence-electron chi connectivity index (χ3n) is 2.63. The average Bonchev–Trinajstić information content (AvgIpc) is 2.28. The fourth-order valence-corrected chi connectivity index (χ4v) is 1.64. The molecule has 1 amide bonds. The van der Waals surface area contributed by atoms with Gasteiger partial charge in [-0.15, -0.1) is 0 Å². The topological polar surface area (TPSA) is 70.0 Å². The van der Waals surface area contributed by atoms with Crippen molar-refractivity contribution in [2.24, 2.45) is 0 Å². The summed E-state index contributed by atoms with van der Waals surface area (Å²) in [5.74, 6) is -0.570. The first-order valence-electron chi connectivity index (χ1n) is 5.79. The molecule has 0 saturated carbocycles. The number of phenols is 2. The number of amides is 1. The van der Waals surface area contributed by atoms with Crippen LogP contribution >= 0.6 is 0 Å². The quantitative estimate of drug-likeness (QED) is 0.836. The summed E-state index contributed by atoms with van der Waals surface area (Å²) in [5.41, 5.74) is 0.178. The van der Waals surface area contributed by atoms with Gasteiger partial charge in [0.2, 0.25) is 0 Å². The largest absolute Gasteiger partial charge is 0.508 e. The average molecular weight is 253 g/mol. The molecule has 0 radical (unpaired) electrons. The molecular weight excluding hydrogens is 234 g/mol. The lowest BCUT2D eigenvalue weighted by Gasteiger charge is -2.26. The fourth-order valence-electron chi connectivity index (χ4n) is 1.64. The predicted molar refractivity (Wildman–Crippen MR) is 67.8 cm³/mol. The Hall–Kier alpha value is -1.75. The molecule has 2 N–H and O–H groups in total. The molecule has 0 fully saturated rings. The number of phenolic OH excluding ortho intramolecular Hbond substituents is 2. The summed E-state index contributed by atoms with van der Waals surface area (Å²) in [7, 11) is 1.57. The van der Waals surface area contributed by atoms with E-state index in [1.807, 2.05) is 13.8 Å². The Morgan fingerprint density at radius 3 is 2.56 bits per heavy atom. The van der Waals surface area contributed by atoms with E-state index >= 15 is 0 Å². The Bertz CT molecular complexity index is 417. The Morgan fingerprint density at radius 2 is 2.06 bits per heavy atom. The zero-order valence-electron chi connectivity index (χ0n) is 10.9. The smallest absolute Gasteiger partial charge is 0.257 e. The molecule has 18 heavy (non-hydrogen) atoms. The highest BCUT2D eigenvalue weighted by molar-refractivity contribution is 5.97. The summed E-state index contributed by atoms with van der Waals surface area (Å²) in [6.07, 6.45) is 0. The van der Waals surface area contributed by atoms with Crippen LogP contribution in [0.1, 0.15) is 24.2 Å². The number of methoxy groups -OCH3 is 1. The summed E-state index contributed by atoms with van der Waals surface area (Å²) in [4.78, 5) is 13.9. The molecule has 1 aromatic rings. The van der Waals surface area contributed by atoms with E-state index in [4.69, 9.17) is 4.74 Å². The molecule has 5 heteroatoms. The van der Waals surface area contributed by atoms with Gasteiger partial charge in [0.25, 0.3) is 5.91 Å². The number of aromatic hydroxyl groups is 2. The van der Waals surface area contributed by atoms with E-state index in [0.29, 0.717) is 13.2 Å². The number of rotatable bonds is 5. The maximum Gasteiger partial charge on any atom is 0.257 e. The minimum Gasteiger partial charge on any atom is -0.508 e. The van der Waals surface area contributed by atoms with Crippen molar-refractivity contribution in [2.45, 2.75) is 19.9 Å². The van der Waals surface area contributed by atoms with Gasteiger partial charge in [0.15, 0.2) is 0 Å². The van der Waals surface area contributed by atoms with Gasteiger partial charge in [-0.1, -0.05) is 0 Å². The number of nitrogens with zero attached hydrogens (tertiary/aromatic N) is 1. The van der Waals surface area contributed by atoms with Gasteiger partial charge < -0.3 is 19.8 Å². The van der Waals surface area contributed by atoms with Crippen LogP contribution in [0.2, 0.25) is 0 Å². The first-order chi connectivity index (χ1) is 8.47. The summed E-state index contributed by atoms with van der Waals surface area (Å²) in [6.45, 7) is 4.67. The van der Waals surface area contributed by atoms with Crippen LogP contribution in [0.15, 0.2) is 18.2 Å². The fraction of sp³-hybridized carbons (Fsp3) is 0.462. The van der Waals surface area contributed by atoms with Crippen LogP contribution in [0.25, 0.3) is 0 Å². The van der Waals surface area contributed by atoms with E-state index in [0.717, 1.165) is 6.07 Å². The van der Waals surface area contributed by atoms with Crippen molar-refractivity contribution in [1.82, 2.24) is 4.90 Å². The van der Waals surface area contributed by atoms with Crippen LogP contribution in [-0.2, 0) is 4.74 Å². The van der Waals surface area contributed by atoms with Crippen molar-refractivity contribution in [3.05, 3.63) is 23.8 Å². The molecule has 0 aliphatic carbocycles. The van der Waals surface area contributed by atoms with E-state index < -0.39 is 0 Å². The highest BCUT2D eigenvalue weighted by Gasteiger charge is 2.21. The predicted octanol–water partition coefficient (Wildman–Crippen LogP) is 1.59. The third kappa shape index (κ3) is 3.37. The number of carbonyl (C=O) groups is 1. The summed E-state index contributed by atoms with van der Waals surface area (Å²) in [6, 6.07) is 3.94. The Morgan fingerprint density at radius 1 is 1.39 bits per heavy atom. The van der Waals surface area contributed by atoms with E-state index in [-0.39, 0.29) is 29.0 Å². The Labute approximate surface area is 107 Å². The van der Waals surface area contributed by atoms with Gasteiger partial charge in [0, 0.05) is 25.8 Å². The van der Waals surface area contributed by atoms with Crippen molar-refractivity contribution in [3.8, 4) is 11.5 Å². The number of carbonyl (C=O) groups excluding carboxylic acids is 1. The molecule has 0 aromatic heterocycles. The van der Waals surface area contributed by atoms with Crippen LogP contribution in [0, 0.1) is 0 Å². The molecule has 0 aliphatic heterocycles. The first kappa shape index (κ1) is 14.3. The summed E-state index contributed by atoms with van der Waals surface area (Å²) < 4.78 is 4.96. The zero-order chi connectivity index (χ0) is 13.7. The van der Waals surface area contributed by atoms with Gasteiger partial charge in [-0.05, 0) is 26.0 Å². The molecule has 0 aliphatic rings. The van der Waals surface area contributed by atoms with Crippen molar-refractivity contribution in [3.63, 3.8) is 0 Å². The van der Waals surface area contributed by atoms with Crippen LogP contribution in [0.4, 0.5) is 0 Å². The molecule has 1 rings (SSSR count). The third-order valence-corrected chi connectivity index (χ3v) is 2.63. The minimum atomic E-state index is -0.278. The maximum absolute atomic E-state index is 12.3. The number of hydrogen-bond acceptors (Lipinski definition) is 4. The Kier molecular flexibility index (Phi) is 4.97. The van der Waals surface area contributed by atoms with Gasteiger partial charge in [0.1, 0.15) is 11.5 Å². The van der Waals surface area contributed by atoms with Crippen LogP contribution in [-0.4, -0.2) is 47.3 Å². The van der Waals surface area contributed by atoms with E-state index in [1.165, 1.54) is 12.1 Å². The van der Waals surface area contributed by atoms with Crippen molar-refractivity contribution < 1.29 is 19.7 Å². The molecule has 0 heterocycles. The molecule has 100 valence electrons.